The van der Waals surface area contributed by atoms with Crippen molar-refractivity contribution in [3.63, 3.8) is 0 Å². The molecule has 0 fully saturated rings. The number of nitrogens with zero attached hydrogens (tertiary/aromatic N) is 1. The van der Waals surface area contributed by atoms with Gasteiger partial charge < -0.3 is 14.6 Å². The molecule has 24 heavy (non-hydrogen) atoms. The molecule has 6 heteroatoms. The van der Waals surface area contributed by atoms with Crippen molar-refractivity contribution in [3.8, 4) is 5.75 Å². The van der Waals surface area contributed by atoms with Gasteiger partial charge in [0.25, 0.3) is 5.91 Å². The van der Waals surface area contributed by atoms with E-state index in [-0.39, 0.29) is 18.1 Å². The van der Waals surface area contributed by atoms with Gasteiger partial charge in [0.2, 0.25) is 5.56 Å². The molecule has 0 aliphatic rings. The molecule has 1 heterocycles. The number of benzene rings is 1. The lowest BCUT2D eigenvalue weighted by molar-refractivity contribution is -0.123. The van der Waals surface area contributed by atoms with Crippen molar-refractivity contribution in [2.75, 3.05) is 13.2 Å². The molecule has 0 unspecified atom stereocenters. The molecule has 0 bridgehead atoms. The second-order valence-corrected chi connectivity index (χ2v) is 5.85. The highest BCUT2D eigenvalue weighted by Crippen LogP contribution is 2.24. The number of aryl methyl sites for hydroxylation is 1. The van der Waals surface area contributed by atoms with Crippen LogP contribution in [0.25, 0.3) is 0 Å². The number of carbonyl (C=O) groups is 1. The third kappa shape index (κ3) is 5.42. The maximum atomic E-state index is 11.8. The van der Waals surface area contributed by atoms with E-state index in [1.807, 2.05) is 13.0 Å². The monoisotopic (exact) mass is 348 g/mol. The highest BCUT2D eigenvalue weighted by Gasteiger charge is 2.06. The van der Waals surface area contributed by atoms with E-state index < -0.39 is 0 Å². The number of pyridine rings is 1. The number of nitrogens with one attached hydrogen (secondary N) is 1. The van der Waals surface area contributed by atoms with E-state index in [0.717, 1.165) is 18.4 Å². The smallest absolute Gasteiger partial charge is 0.257 e. The molecule has 0 spiro atoms. The minimum Gasteiger partial charge on any atom is -0.483 e. The summed E-state index contributed by atoms with van der Waals surface area (Å²) in [6.45, 7) is 3.01. The Morgan fingerprint density at radius 3 is 2.83 bits per heavy atom. The van der Waals surface area contributed by atoms with Gasteiger partial charge in [0.15, 0.2) is 6.61 Å². The van der Waals surface area contributed by atoms with Gasteiger partial charge >= 0.3 is 0 Å². The molecule has 0 radical (unpaired) electrons. The predicted molar refractivity (Wildman–Crippen MR) is 94.6 cm³/mol. The second-order valence-electron chi connectivity index (χ2n) is 5.44. The summed E-state index contributed by atoms with van der Waals surface area (Å²) in [5, 5.41) is 3.42. The van der Waals surface area contributed by atoms with E-state index in [4.69, 9.17) is 16.3 Å². The number of ether oxygens (including phenoxy) is 1. The SMILES string of the molecule is Cc1c(Cl)cccc1OCC(=O)NCCCCn1ccccc1=O. The normalized spacial score (nSPS) is 10.4. The van der Waals surface area contributed by atoms with Crippen molar-refractivity contribution < 1.29 is 9.53 Å². The van der Waals surface area contributed by atoms with Gasteiger partial charge in [-0.15, -0.1) is 0 Å². The van der Waals surface area contributed by atoms with Crippen molar-refractivity contribution in [3.05, 3.63) is 63.5 Å². The fraction of sp³-hybridized carbons (Fsp3) is 0.333. The van der Waals surface area contributed by atoms with Crippen molar-refractivity contribution >= 4 is 17.5 Å². The fourth-order valence-corrected chi connectivity index (χ4v) is 2.38. The molecule has 5 nitrogen and oxygen atoms in total. The fourth-order valence-electron chi connectivity index (χ4n) is 2.22. The van der Waals surface area contributed by atoms with Crippen LogP contribution in [-0.4, -0.2) is 23.6 Å². The number of hydrogen-bond acceptors (Lipinski definition) is 3. The zero-order chi connectivity index (χ0) is 17.4. The van der Waals surface area contributed by atoms with Gasteiger partial charge in [-0.2, -0.15) is 0 Å². The Balaban J connectivity index is 1.64. The molecule has 2 rings (SSSR count). The van der Waals surface area contributed by atoms with Crippen LogP contribution in [0.2, 0.25) is 5.02 Å². The van der Waals surface area contributed by atoms with Crippen molar-refractivity contribution in [1.82, 2.24) is 9.88 Å². The first kappa shape index (κ1) is 18.1. The lowest BCUT2D eigenvalue weighted by Crippen LogP contribution is -2.30. The summed E-state index contributed by atoms with van der Waals surface area (Å²) in [4.78, 5) is 23.3. The van der Waals surface area contributed by atoms with Crippen LogP contribution in [0.3, 0.4) is 0 Å². The Labute approximate surface area is 146 Å². The standard InChI is InChI=1S/C18H21ClN2O3/c1-14-15(19)7-6-8-16(14)24-13-17(22)20-10-3-5-12-21-11-4-2-9-18(21)23/h2,4,6-9,11H,3,5,10,12-13H2,1H3,(H,20,22). The molecule has 0 aliphatic heterocycles. The molecule has 0 saturated carbocycles. The summed E-state index contributed by atoms with van der Waals surface area (Å²) >= 11 is 6.00. The van der Waals surface area contributed by atoms with Crippen LogP contribution in [0, 0.1) is 6.92 Å². The Kier molecular flexibility index (Phi) is 6.88. The molecule has 0 aliphatic carbocycles. The molecule has 1 N–H and O–H groups in total. The molecule has 128 valence electrons. The molecular formula is C18H21ClN2O3. The molecule has 1 amide bonds. The summed E-state index contributed by atoms with van der Waals surface area (Å²) in [5.74, 6) is 0.437. The zero-order valence-corrected chi connectivity index (χ0v) is 14.4. The second kappa shape index (κ2) is 9.13. The van der Waals surface area contributed by atoms with E-state index in [2.05, 4.69) is 5.32 Å². The van der Waals surface area contributed by atoms with Gasteiger partial charge in [-0.3, -0.25) is 9.59 Å². The third-order valence-electron chi connectivity index (χ3n) is 3.62. The Morgan fingerprint density at radius 2 is 2.04 bits per heavy atom. The summed E-state index contributed by atoms with van der Waals surface area (Å²) in [7, 11) is 0. The number of amides is 1. The lowest BCUT2D eigenvalue weighted by Gasteiger charge is -2.10. The summed E-state index contributed by atoms with van der Waals surface area (Å²) in [6, 6.07) is 10.4. The molecule has 2 aromatic rings. The Hall–Kier alpha value is -2.27. The first-order valence-electron chi connectivity index (χ1n) is 7.88. The van der Waals surface area contributed by atoms with Gasteiger partial charge in [0, 0.05) is 35.9 Å². The highest BCUT2D eigenvalue weighted by atomic mass is 35.5. The van der Waals surface area contributed by atoms with Crippen molar-refractivity contribution in [2.45, 2.75) is 26.3 Å². The molecular weight excluding hydrogens is 328 g/mol. The topological polar surface area (TPSA) is 60.3 Å². The van der Waals surface area contributed by atoms with Crippen LogP contribution >= 0.6 is 11.6 Å². The number of hydrogen-bond donors (Lipinski definition) is 1. The van der Waals surface area contributed by atoms with Gasteiger partial charge in [0.1, 0.15) is 5.75 Å². The first-order chi connectivity index (χ1) is 11.6. The maximum Gasteiger partial charge on any atom is 0.257 e. The van der Waals surface area contributed by atoms with E-state index in [1.165, 1.54) is 6.07 Å². The van der Waals surface area contributed by atoms with E-state index >= 15 is 0 Å². The Morgan fingerprint density at radius 1 is 1.21 bits per heavy atom. The Bertz CT molecular complexity index is 743. The van der Waals surface area contributed by atoms with E-state index in [9.17, 15) is 9.59 Å². The van der Waals surface area contributed by atoms with Gasteiger partial charge in [-0.05, 0) is 38.0 Å². The van der Waals surface area contributed by atoms with Crippen LogP contribution in [-0.2, 0) is 11.3 Å². The number of unbranched alkanes of at least 4 members (excludes halogenated alkanes) is 1. The van der Waals surface area contributed by atoms with Crippen LogP contribution in [0.5, 0.6) is 5.75 Å². The molecule has 0 atom stereocenters. The predicted octanol–water partition coefficient (Wildman–Crippen LogP) is 2.79. The largest absolute Gasteiger partial charge is 0.483 e. The van der Waals surface area contributed by atoms with Gasteiger partial charge in [-0.25, -0.2) is 0 Å². The van der Waals surface area contributed by atoms with E-state index in [1.54, 1.807) is 35.0 Å². The van der Waals surface area contributed by atoms with Crippen molar-refractivity contribution in [2.24, 2.45) is 0 Å². The minimum atomic E-state index is -0.175. The van der Waals surface area contributed by atoms with Crippen LogP contribution in [0.4, 0.5) is 0 Å². The number of carbonyl (C=O) groups excluding carboxylic acids is 1. The zero-order valence-electron chi connectivity index (χ0n) is 13.6. The summed E-state index contributed by atoms with van der Waals surface area (Å²) < 4.78 is 7.14. The van der Waals surface area contributed by atoms with Crippen LogP contribution in [0.15, 0.2) is 47.4 Å². The van der Waals surface area contributed by atoms with Crippen LogP contribution < -0.4 is 15.6 Å². The molecule has 1 aromatic heterocycles. The van der Waals surface area contributed by atoms with Gasteiger partial charge in [0.05, 0.1) is 0 Å². The number of rotatable bonds is 8. The average molecular weight is 349 g/mol. The highest BCUT2D eigenvalue weighted by molar-refractivity contribution is 6.31. The lowest BCUT2D eigenvalue weighted by atomic mass is 10.2. The average Bonchev–Trinajstić information content (AvgIpc) is 2.57. The quantitative estimate of drug-likeness (QED) is 0.746. The minimum absolute atomic E-state index is 0.00757. The molecule has 0 saturated heterocycles. The number of halogens is 1. The summed E-state index contributed by atoms with van der Waals surface area (Å²) in [6.07, 6.45) is 3.38. The van der Waals surface area contributed by atoms with E-state index in [0.29, 0.717) is 23.9 Å². The van der Waals surface area contributed by atoms with Gasteiger partial charge in [-0.1, -0.05) is 23.7 Å². The third-order valence-corrected chi connectivity index (χ3v) is 4.03. The number of aromatic nitrogens is 1. The molecule has 1 aromatic carbocycles. The summed E-state index contributed by atoms with van der Waals surface area (Å²) in [5.41, 5.74) is 0.812. The van der Waals surface area contributed by atoms with Crippen LogP contribution in [0.1, 0.15) is 18.4 Å². The van der Waals surface area contributed by atoms with Crippen molar-refractivity contribution in [1.29, 1.82) is 0 Å². The first-order valence-corrected chi connectivity index (χ1v) is 8.26. The maximum absolute atomic E-state index is 11.8.